The second-order valence-electron chi connectivity index (χ2n) is 1.78. The van der Waals surface area contributed by atoms with E-state index in [2.05, 4.69) is 0 Å². The fourth-order valence-corrected chi connectivity index (χ4v) is 0.851. The normalized spacial score (nSPS) is 8.45. The molecule has 0 saturated heterocycles. The molecule has 0 aromatic heterocycles. The van der Waals surface area contributed by atoms with Crippen LogP contribution in [0.1, 0.15) is 10.4 Å². The quantitative estimate of drug-likeness (QED) is 0.687. The summed E-state index contributed by atoms with van der Waals surface area (Å²) >= 11 is 5.54. The van der Waals surface area contributed by atoms with Crippen LogP contribution in [0.3, 0.4) is 0 Å². The second-order valence-corrected chi connectivity index (χ2v) is 2.19. The fourth-order valence-electron chi connectivity index (χ4n) is 0.635. The first-order valence-corrected chi connectivity index (χ1v) is 3.07. The van der Waals surface area contributed by atoms with Gasteiger partial charge in [-0.15, -0.1) is 0 Å². The zero-order chi connectivity index (χ0) is 7.56. The third-order valence-electron chi connectivity index (χ3n) is 1.10. The number of hydrogen-bond acceptors (Lipinski definition) is 1. The Morgan fingerprint density at radius 3 is 2.27 bits per heavy atom. The van der Waals surface area contributed by atoms with Crippen LogP contribution in [0, 0.1) is 0 Å². The third-order valence-corrected chi connectivity index (χ3v) is 1.43. The van der Waals surface area contributed by atoms with Crippen molar-refractivity contribution in [2.75, 3.05) is 0 Å². The van der Waals surface area contributed by atoms with Gasteiger partial charge in [-0.25, -0.2) is 4.79 Å². The van der Waals surface area contributed by atoms with Gasteiger partial charge in [0.1, 0.15) is 0 Å². The number of carboxylic acids is 1. The number of aromatic carboxylic acids is 1. The summed E-state index contributed by atoms with van der Waals surface area (Å²) in [5.74, 6) is -0.995. The van der Waals surface area contributed by atoms with Crippen LogP contribution >= 0.6 is 11.6 Å². The van der Waals surface area contributed by atoms with Crippen molar-refractivity contribution in [3.8, 4) is 0 Å². The average molecular weight is 199 g/mol. The van der Waals surface area contributed by atoms with E-state index in [-0.39, 0.29) is 48.3 Å². The van der Waals surface area contributed by atoms with Gasteiger partial charge in [0.2, 0.25) is 0 Å². The molecule has 0 spiro atoms. The maximum absolute atomic E-state index is 10.3. The molecule has 4 heteroatoms. The molecule has 0 saturated carbocycles. The summed E-state index contributed by atoms with van der Waals surface area (Å²) in [6, 6.07) is 6.33. The van der Waals surface area contributed by atoms with Crippen LogP contribution in [-0.4, -0.2) is 48.8 Å². The second kappa shape index (κ2) is 4.99. The molecular weight excluding hydrogens is 192 g/mol. The van der Waals surface area contributed by atoms with Crippen molar-refractivity contribution < 1.29 is 9.90 Å². The first-order valence-electron chi connectivity index (χ1n) is 2.69. The minimum absolute atomic E-state index is 0. The molecule has 0 aliphatic heterocycles. The molecule has 0 amide bonds. The molecule has 0 atom stereocenters. The molecule has 1 rings (SSSR count). The molecule has 0 aliphatic carbocycles. The molecule has 2 nitrogen and oxygen atoms in total. The molecule has 0 aliphatic rings. The monoisotopic (exact) mass is 198 g/mol. The van der Waals surface area contributed by atoms with Crippen molar-refractivity contribution in [3.63, 3.8) is 0 Å². The summed E-state index contributed by atoms with van der Waals surface area (Å²) in [5, 5.41) is 8.75. The Kier molecular flexibility index (Phi) is 5.10. The Hall–Kier alpha value is 0.240. The van der Waals surface area contributed by atoms with E-state index in [0.717, 1.165) is 0 Å². The number of carboxylic acid groups (broad SMARTS) is 1. The van der Waals surface area contributed by atoms with Gasteiger partial charge in [0, 0.05) is 0 Å². The third kappa shape index (κ3) is 2.99. The van der Waals surface area contributed by atoms with Crippen LogP contribution in [0.5, 0.6) is 0 Å². The Morgan fingerprint density at radius 1 is 1.36 bits per heavy atom. The molecule has 1 aromatic carbocycles. The van der Waals surface area contributed by atoms with Gasteiger partial charge in [-0.2, -0.15) is 0 Å². The average Bonchev–Trinajstić information content (AvgIpc) is 1.88. The Balaban J connectivity index is 0.000001000. The van der Waals surface area contributed by atoms with E-state index in [4.69, 9.17) is 16.7 Å². The van der Waals surface area contributed by atoms with Crippen molar-refractivity contribution in [3.05, 3.63) is 34.9 Å². The number of hydrogen-bond donors (Lipinski definition) is 1. The molecular formula is C7H7CaClO2. The number of carbonyl (C=O) groups is 1. The summed E-state index contributed by atoms with van der Waals surface area (Å²) in [5.41, 5.74) is 0.143. The van der Waals surface area contributed by atoms with Crippen LogP contribution in [0.4, 0.5) is 0 Å². The Labute approximate surface area is 99.2 Å². The van der Waals surface area contributed by atoms with Crippen molar-refractivity contribution in [2.45, 2.75) is 0 Å². The molecule has 11 heavy (non-hydrogen) atoms. The topological polar surface area (TPSA) is 37.3 Å². The molecule has 0 radical (unpaired) electrons. The van der Waals surface area contributed by atoms with E-state index in [9.17, 15) is 4.79 Å². The van der Waals surface area contributed by atoms with Gasteiger partial charge in [0.05, 0.1) is 10.6 Å². The van der Waals surface area contributed by atoms with Crippen molar-refractivity contribution >= 4 is 55.3 Å². The van der Waals surface area contributed by atoms with Crippen molar-refractivity contribution in [1.82, 2.24) is 0 Å². The molecule has 0 bridgehead atoms. The van der Waals surface area contributed by atoms with Crippen LogP contribution in [0.15, 0.2) is 24.3 Å². The molecule has 56 valence electrons. The van der Waals surface area contributed by atoms with Crippen molar-refractivity contribution in [2.24, 2.45) is 0 Å². The van der Waals surface area contributed by atoms with E-state index in [1.54, 1.807) is 18.2 Å². The first kappa shape index (κ1) is 11.2. The van der Waals surface area contributed by atoms with Gasteiger partial charge in [-0.3, -0.25) is 0 Å². The molecule has 1 N–H and O–H groups in total. The predicted octanol–water partition coefficient (Wildman–Crippen LogP) is 1.12. The minimum atomic E-state index is -0.995. The van der Waals surface area contributed by atoms with Crippen LogP contribution in [0.2, 0.25) is 5.02 Å². The first-order chi connectivity index (χ1) is 4.72. The summed E-state index contributed by atoms with van der Waals surface area (Å²) in [6.07, 6.45) is 0. The van der Waals surface area contributed by atoms with Gasteiger partial charge in [-0.05, 0) is 12.1 Å². The Morgan fingerprint density at radius 2 is 1.91 bits per heavy atom. The van der Waals surface area contributed by atoms with Gasteiger partial charge < -0.3 is 5.11 Å². The standard InChI is InChI=1S/C7H5ClO2.Ca.2H/c8-6-4-2-1-3-5(6)7(9)10;;;/h1-4H,(H,9,10);;;. The molecule has 1 aromatic rings. The van der Waals surface area contributed by atoms with E-state index in [0.29, 0.717) is 0 Å². The summed E-state index contributed by atoms with van der Waals surface area (Å²) in [4.78, 5) is 10.3. The predicted molar refractivity (Wildman–Crippen MR) is 47.0 cm³/mol. The maximum atomic E-state index is 10.3. The van der Waals surface area contributed by atoms with E-state index in [1.807, 2.05) is 0 Å². The van der Waals surface area contributed by atoms with Gasteiger partial charge in [0.15, 0.2) is 0 Å². The van der Waals surface area contributed by atoms with E-state index < -0.39 is 5.97 Å². The van der Waals surface area contributed by atoms with Gasteiger partial charge >= 0.3 is 43.7 Å². The summed E-state index contributed by atoms with van der Waals surface area (Å²) < 4.78 is 0. The summed E-state index contributed by atoms with van der Waals surface area (Å²) in [7, 11) is 0. The molecule has 0 unspecified atom stereocenters. The number of benzene rings is 1. The number of halogens is 1. The van der Waals surface area contributed by atoms with Crippen LogP contribution in [-0.2, 0) is 0 Å². The molecule has 0 heterocycles. The Bertz CT molecular complexity index is 262. The molecule has 0 fully saturated rings. The van der Waals surface area contributed by atoms with Gasteiger partial charge in [-0.1, -0.05) is 23.7 Å². The fraction of sp³-hybridized carbons (Fsp3) is 0. The number of rotatable bonds is 1. The van der Waals surface area contributed by atoms with Crippen LogP contribution in [0.25, 0.3) is 0 Å². The summed E-state index contributed by atoms with van der Waals surface area (Å²) in [6.45, 7) is 0. The van der Waals surface area contributed by atoms with Crippen LogP contribution < -0.4 is 0 Å². The SMILES string of the molecule is O=C(O)c1ccccc1Cl.[CaH2]. The van der Waals surface area contributed by atoms with E-state index >= 15 is 0 Å². The zero-order valence-electron chi connectivity index (χ0n) is 5.04. The van der Waals surface area contributed by atoms with Gasteiger partial charge in [0.25, 0.3) is 0 Å². The zero-order valence-corrected chi connectivity index (χ0v) is 5.80. The van der Waals surface area contributed by atoms with E-state index in [1.165, 1.54) is 6.07 Å². The van der Waals surface area contributed by atoms with Crippen molar-refractivity contribution in [1.29, 1.82) is 0 Å².